The third kappa shape index (κ3) is 5.99. The van der Waals surface area contributed by atoms with Gasteiger partial charge in [-0.25, -0.2) is 4.39 Å². The second kappa shape index (κ2) is 10.5. The van der Waals surface area contributed by atoms with Crippen LogP contribution in [0.1, 0.15) is 64.9 Å². The highest BCUT2D eigenvalue weighted by molar-refractivity contribution is 5.70. The number of carboxylic acids is 1. The minimum Gasteiger partial charge on any atom is -0.490 e. The van der Waals surface area contributed by atoms with Crippen molar-refractivity contribution in [3.63, 3.8) is 0 Å². The lowest BCUT2D eigenvalue weighted by Crippen LogP contribution is -2.38. The van der Waals surface area contributed by atoms with Crippen LogP contribution in [0.2, 0.25) is 0 Å². The van der Waals surface area contributed by atoms with Crippen molar-refractivity contribution in [1.29, 1.82) is 0 Å². The Kier molecular flexibility index (Phi) is 7.61. The van der Waals surface area contributed by atoms with Gasteiger partial charge in [0, 0.05) is 24.2 Å². The average molecular weight is 468 g/mol. The number of benzene rings is 2. The van der Waals surface area contributed by atoms with E-state index in [4.69, 9.17) is 4.74 Å². The highest BCUT2D eigenvalue weighted by atomic mass is 19.1. The molecule has 2 aliphatic rings. The maximum absolute atomic E-state index is 15.4. The Labute approximate surface area is 203 Å². The summed E-state index contributed by atoms with van der Waals surface area (Å²) in [5, 5.41) is 9.33. The maximum atomic E-state index is 15.4. The van der Waals surface area contributed by atoms with Crippen LogP contribution in [0, 0.1) is 23.1 Å². The van der Waals surface area contributed by atoms with Gasteiger partial charge in [-0.1, -0.05) is 51.1 Å². The van der Waals surface area contributed by atoms with E-state index in [1.165, 1.54) is 12.8 Å². The summed E-state index contributed by atoms with van der Waals surface area (Å²) in [7, 11) is 0. The number of nitrogens with zero attached hydrogens (tertiary/aromatic N) is 1. The predicted molar refractivity (Wildman–Crippen MR) is 133 cm³/mol. The number of carboxylic acid groups (broad SMARTS) is 1. The number of ether oxygens (including phenoxy) is 1. The van der Waals surface area contributed by atoms with Gasteiger partial charge in [-0.05, 0) is 74.1 Å². The van der Waals surface area contributed by atoms with Crippen LogP contribution in [0.5, 0.6) is 5.75 Å². The van der Waals surface area contributed by atoms with Gasteiger partial charge >= 0.3 is 5.97 Å². The Morgan fingerprint density at radius 1 is 1.06 bits per heavy atom. The van der Waals surface area contributed by atoms with E-state index in [-0.39, 0.29) is 17.8 Å². The van der Waals surface area contributed by atoms with Crippen LogP contribution in [0.25, 0.3) is 11.1 Å². The number of rotatable bonds is 6. The van der Waals surface area contributed by atoms with Gasteiger partial charge in [-0.2, -0.15) is 0 Å². The Balaban J connectivity index is 1.39. The van der Waals surface area contributed by atoms with E-state index in [0.29, 0.717) is 36.1 Å². The molecule has 1 heterocycles. The summed E-state index contributed by atoms with van der Waals surface area (Å²) in [5.74, 6) is 0.242. The van der Waals surface area contributed by atoms with Crippen LogP contribution >= 0.6 is 0 Å². The molecule has 0 bridgehead atoms. The number of aliphatic carboxylic acids is 1. The SMILES string of the molecule is CC(C)(C)[C@H]1CC[C@@H](Oc2ccc(-c3cccc(CN4CCCC(C(=O)O)C4)c3F)cc2)CC1. The zero-order valence-corrected chi connectivity index (χ0v) is 20.7. The van der Waals surface area contributed by atoms with E-state index in [1.54, 1.807) is 12.1 Å². The molecule has 0 aromatic heterocycles. The summed E-state index contributed by atoms with van der Waals surface area (Å²) < 4.78 is 21.6. The zero-order chi connectivity index (χ0) is 24.3. The molecule has 2 fully saturated rings. The minimum atomic E-state index is -0.761. The number of likely N-dealkylation sites (tertiary alicyclic amines) is 1. The smallest absolute Gasteiger partial charge is 0.307 e. The molecule has 1 aliphatic carbocycles. The van der Waals surface area contributed by atoms with E-state index < -0.39 is 5.97 Å². The molecule has 1 N–H and O–H groups in total. The van der Waals surface area contributed by atoms with E-state index >= 15 is 4.39 Å². The van der Waals surface area contributed by atoms with Crippen LogP contribution in [-0.2, 0) is 11.3 Å². The van der Waals surface area contributed by atoms with Crippen molar-refractivity contribution in [2.24, 2.45) is 17.3 Å². The molecular formula is C29H38FNO3. The first kappa shape index (κ1) is 24.7. The van der Waals surface area contributed by atoms with Crippen LogP contribution < -0.4 is 4.74 Å². The first-order chi connectivity index (χ1) is 16.2. The van der Waals surface area contributed by atoms with E-state index in [1.807, 2.05) is 30.3 Å². The maximum Gasteiger partial charge on any atom is 0.307 e. The molecule has 4 rings (SSSR count). The van der Waals surface area contributed by atoms with Gasteiger partial charge in [-0.15, -0.1) is 0 Å². The molecule has 1 saturated heterocycles. The standard InChI is InChI=1S/C29H38FNO3/c1-29(2,3)23-11-15-25(16-12-23)34-24-13-9-20(10-14-24)26-8-4-6-21(27(26)30)18-31-17-5-7-22(19-31)28(32)33/h4,6,8-10,13-14,22-23,25H,5,7,11-12,15-19H2,1-3H3,(H,32,33)/t22?,23-,25+. The molecule has 2 aromatic carbocycles. The van der Waals surface area contributed by atoms with Crippen LogP contribution in [0.4, 0.5) is 4.39 Å². The number of carbonyl (C=O) groups is 1. The molecular weight excluding hydrogens is 429 g/mol. The second-order valence-corrected chi connectivity index (χ2v) is 11.2. The fourth-order valence-corrected chi connectivity index (χ4v) is 5.52. The Morgan fingerprint density at radius 3 is 2.41 bits per heavy atom. The molecule has 1 saturated carbocycles. The summed E-state index contributed by atoms with van der Waals surface area (Å²) >= 11 is 0. The summed E-state index contributed by atoms with van der Waals surface area (Å²) in [4.78, 5) is 13.4. The minimum absolute atomic E-state index is 0.228. The Hall–Kier alpha value is -2.40. The fraction of sp³-hybridized carbons (Fsp3) is 0.552. The lowest BCUT2D eigenvalue weighted by Gasteiger charge is -2.36. The van der Waals surface area contributed by atoms with Crippen molar-refractivity contribution in [3.8, 4) is 16.9 Å². The molecule has 1 aliphatic heterocycles. The van der Waals surface area contributed by atoms with Crippen molar-refractivity contribution in [1.82, 2.24) is 4.90 Å². The van der Waals surface area contributed by atoms with Crippen molar-refractivity contribution >= 4 is 5.97 Å². The summed E-state index contributed by atoms with van der Waals surface area (Å²) in [5.41, 5.74) is 2.36. The molecule has 1 unspecified atom stereocenters. The molecule has 184 valence electrons. The molecule has 2 aromatic rings. The molecule has 5 heteroatoms. The van der Waals surface area contributed by atoms with Crippen LogP contribution in [0.15, 0.2) is 42.5 Å². The summed E-state index contributed by atoms with van der Waals surface area (Å²) in [6.45, 7) is 8.68. The fourth-order valence-electron chi connectivity index (χ4n) is 5.52. The zero-order valence-electron chi connectivity index (χ0n) is 20.7. The molecule has 0 amide bonds. The monoisotopic (exact) mass is 467 g/mol. The van der Waals surface area contributed by atoms with Gasteiger partial charge in [0.1, 0.15) is 11.6 Å². The third-order valence-electron chi connectivity index (χ3n) is 7.69. The van der Waals surface area contributed by atoms with E-state index in [9.17, 15) is 9.90 Å². The molecule has 1 atom stereocenters. The van der Waals surface area contributed by atoms with E-state index in [2.05, 4.69) is 25.7 Å². The lowest BCUT2D eigenvalue weighted by atomic mass is 9.72. The van der Waals surface area contributed by atoms with Crippen LogP contribution in [0.3, 0.4) is 0 Å². The van der Waals surface area contributed by atoms with Gasteiger partial charge in [-0.3, -0.25) is 9.69 Å². The summed E-state index contributed by atoms with van der Waals surface area (Å²) in [6, 6.07) is 13.2. The first-order valence-electron chi connectivity index (χ1n) is 12.7. The average Bonchev–Trinajstić information content (AvgIpc) is 2.81. The topological polar surface area (TPSA) is 49.8 Å². The highest BCUT2D eigenvalue weighted by Gasteiger charge is 2.30. The van der Waals surface area contributed by atoms with Crippen molar-refractivity contribution in [2.45, 2.75) is 71.9 Å². The molecule has 0 radical (unpaired) electrons. The van der Waals surface area contributed by atoms with Gasteiger partial charge in [0.05, 0.1) is 12.0 Å². The second-order valence-electron chi connectivity index (χ2n) is 11.2. The number of hydrogen-bond acceptors (Lipinski definition) is 3. The number of halogens is 1. The molecule has 4 nitrogen and oxygen atoms in total. The third-order valence-corrected chi connectivity index (χ3v) is 7.69. The van der Waals surface area contributed by atoms with Crippen LogP contribution in [-0.4, -0.2) is 35.2 Å². The Bertz CT molecular complexity index is 974. The molecule has 34 heavy (non-hydrogen) atoms. The quantitative estimate of drug-likeness (QED) is 0.509. The van der Waals surface area contributed by atoms with Gasteiger partial charge in [0.25, 0.3) is 0 Å². The predicted octanol–water partition coefficient (Wildman–Crippen LogP) is 6.77. The molecule has 0 spiro atoms. The highest BCUT2D eigenvalue weighted by Crippen LogP contribution is 2.39. The number of piperidine rings is 1. The number of hydrogen-bond donors (Lipinski definition) is 1. The first-order valence-corrected chi connectivity index (χ1v) is 12.7. The van der Waals surface area contributed by atoms with E-state index in [0.717, 1.165) is 43.0 Å². The summed E-state index contributed by atoms with van der Waals surface area (Å²) in [6.07, 6.45) is 6.35. The van der Waals surface area contributed by atoms with Gasteiger partial charge < -0.3 is 9.84 Å². The van der Waals surface area contributed by atoms with Gasteiger partial charge in [0.15, 0.2) is 0 Å². The normalized spacial score (nSPS) is 24.1. The largest absolute Gasteiger partial charge is 0.490 e. The van der Waals surface area contributed by atoms with Crippen molar-refractivity contribution in [3.05, 3.63) is 53.8 Å². The Morgan fingerprint density at radius 2 is 1.76 bits per heavy atom. The lowest BCUT2D eigenvalue weighted by molar-refractivity contribution is -0.143. The van der Waals surface area contributed by atoms with Crippen molar-refractivity contribution in [2.75, 3.05) is 13.1 Å². The van der Waals surface area contributed by atoms with Gasteiger partial charge in [0.2, 0.25) is 0 Å². The van der Waals surface area contributed by atoms with Crippen molar-refractivity contribution < 1.29 is 19.0 Å².